The highest BCUT2D eigenvalue weighted by Crippen LogP contribution is 2.25. The van der Waals surface area contributed by atoms with Crippen molar-refractivity contribution in [2.75, 3.05) is 47.0 Å². The van der Waals surface area contributed by atoms with E-state index in [0.717, 1.165) is 18.6 Å². The summed E-state index contributed by atoms with van der Waals surface area (Å²) in [6.45, 7) is 6.53. The van der Waals surface area contributed by atoms with E-state index in [0.29, 0.717) is 25.9 Å². The predicted octanol–water partition coefficient (Wildman–Crippen LogP) is 1.55. The molecule has 0 aromatic carbocycles. The van der Waals surface area contributed by atoms with E-state index in [9.17, 15) is 24.0 Å². The van der Waals surface area contributed by atoms with Gasteiger partial charge in [-0.3, -0.25) is 28.9 Å². The number of hydrogen-bond donors (Lipinski definition) is 1. The Hall–Kier alpha value is -1.94. The van der Waals surface area contributed by atoms with Gasteiger partial charge in [0.2, 0.25) is 23.6 Å². The Balaban J connectivity index is 0.00000497. The Morgan fingerprint density at radius 3 is 2.27 bits per heavy atom. The van der Waals surface area contributed by atoms with E-state index in [1.807, 2.05) is 32.8 Å². The molecule has 1 saturated heterocycles. The number of likely N-dealkylation sites (N-methyl/N-ethyl adjacent to an activating group) is 2. The zero-order valence-corrected chi connectivity index (χ0v) is 22.1. The van der Waals surface area contributed by atoms with Crippen LogP contribution in [0.4, 0.5) is 0 Å². The second kappa shape index (κ2) is 16.6. The van der Waals surface area contributed by atoms with Gasteiger partial charge < -0.3 is 15.1 Å². The van der Waals surface area contributed by atoms with E-state index in [1.54, 1.807) is 7.05 Å². The van der Waals surface area contributed by atoms with Gasteiger partial charge in [0.25, 0.3) is 0 Å². The van der Waals surface area contributed by atoms with Crippen molar-refractivity contribution in [1.29, 1.82) is 0 Å². The smallest absolute Gasteiger partial charge is 0.243 e. The number of thioether (sulfide) groups is 1. The average molecular weight is 487 g/mol. The first-order valence-corrected chi connectivity index (χ1v) is 12.7. The number of nitrogens with zero attached hydrogens (tertiary/aromatic N) is 3. The van der Waals surface area contributed by atoms with Crippen molar-refractivity contribution in [3.63, 3.8) is 0 Å². The molecule has 9 nitrogen and oxygen atoms in total. The van der Waals surface area contributed by atoms with Gasteiger partial charge >= 0.3 is 0 Å². The summed E-state index contributed by atoms with van der Waals surface area (Å²) in [6, 6.07) is -0.800. The summed E-state index contributed by atoms with van der Waals surface area (Å²) < 4.78 is 0. The van der Waals surface area contributed by atoms with Crippen LogP contribution in [0.1, 0.15) is 59.3 Å². The number of carbonyl (C=O) groups is 5. The van der Waals surface area contributed by atoms with Crippen molar-refractivity contribution in [2.24, 2.45) is 0 Å². The molecule has 2 atom stereocenters. The van der Waals surface area contributed by atoms with Crippen molar-refractivity contribution in [3.8, 4) is 0 Å². The monoisotopic (exact) mass is 486 g/mol. The molecule has 0 spiro atoms. The number of imide groups is 1. The van der Waals surface area contributed by atoms with E-state index >= 15 is 0 Å². The fourth-order valence-electron chi connectivity index (χ4n) is 3.18. The molecule has 0 aliphatic carbocycles. The largest absolute Gasteiger partial charge is 0.353 e. The second-order valence-corrected chi connectivity index (χ2v) is 9.50. The molecule has 1 heterocycles. The van der Waals surface area contributed by atoms with Crippen LogP contribution in [0, 0.1) is 0 Å². The van der Waals surface area contributed by atoms with Crippen molar-refractivity contribution in [3.05, 3.63) is 0 Å². The maximum atomic E-state index is 12.5. The van der Waals surface area contributed by atoms with Gasteiger partial charge in [-0.15, -0.1) is 11.8 Å². The summed E-state index contributed by atoms with van der Waals surface area (Å²) in [6.07, 6.45) is 2.86. The van der Waals surface area contributed by atoms with Gasteiger partial charge in [0.05, 0.1) is 5.25 Å². The Kier molecular flexibility index (Phi) is 15.7. The summed E-state index contributed by atoms with van der Waals surface area (Å²) >= 11 is 1.49. The molecular formula is C23H42N4O5S. The molecule has 10 heteroatoms. The van der Waals surface area contributed by atoms with Crippen LogP contribution in [-0.4, -0.2) is 102 Å². The lowest BCUT2D eigenvalue weighted by atomic mass is 10.1. The van der Waals surface area contributed by atoms with Gasteiger partial charge in [-0.05, 0) is 39.6 Å². The molecule has 1 rings (SSSR count). The Bertz CT molecular complexity index is 671. The van der Waals surface area contributed by atoms with Gasteiger partial charge in [-0.2, -0.15) is 0 Å². The lowest BCUT2D eigenvalue weighted by Crippen LogP contribution is -2.49. The van der Waals surface area contributed by atoms with Gasteiger partial charge in [0, 0.05) is 46.4 Å². The van der Waals surface area contributed by atoms with Crippen molar-refractivity contribution in [1.82, 2.24) is 20.0 Å². The van der Waals surface area contributed by atoms with Gasteiger partial charge in [-0.1, -0.05) is 20.3 Å². The number of ketones is 1. The lowest BCUT2D eigenvalue weighted by molar-refractivity contribution is -0.140. The quantitative estimate of drug-likeness (QED) is 0.293. The lowest BCUT2D eigenvalue weighted by Gasteiger charge is -2.27. The number of likely N-dealkylation sites (tertiary alicyclic amines) is 1. The van der Waals surface area contributed by atoms with Crippen molar-refractivity contribution in [2.45, 2.75) is 70.6 Å². The molecule has 190 valence electrons. The topological polar surface area (TPSA) is 107 Å². The predicted molar refractivity (Wildman–Crippen MR) is 132 cm³/mol. The maximum Gasteiger partial charge on any atom is 0.243 e. The maximum absolute atomic E-state index is 12.5. The molecule has 1 fully saturated rings. The van der Waals surface area contributed by atoms with E-state index in [-0.39, 0.29) is 47.5 Å². The molecule has 1 aliphatic heterocycles. The normalized spacial score (nSPS) is 16.4. The number of nitrogens with one attached hydrogen (secondary N) is 1. The van der Waals surface area contributed by atoms with Crippen LogP contribution in [0.2, 0.25) is 0 Å². The van der Waals surface area contributed by atoms with E-state index in [2.05, 4.69) is 5.32 Å². The Morgan fingerprint density at radius 2 is 1.76 bits per heavy atom. The summed E-state index contributed by atoms with van der Waals surface area (Å²) in [5, 5.41) is 2.50. The molecule has 33 heavy (non-hydrogen) atoms. The van der Waals surface area contributed by atoms with Gasteiger partial charge in [-0.25, -0.2) is 0 Å². The zero-order chi connectivity index (χ0) is 25.6. The van der Waals surface area contributed by atoms with E-state index < -0.39 is 6.04 Å². The van der Waals surface area contributed by atoms with Crippen LogP contribution >= 0.6 is 11.8 Å². The molecular weight excluding hydrogens is 444 g/mol. The first kappa shape index (κ1) is 31.1. The first-order chi connectivity index (χ1) is 15.5. The van der Waals surface area contributed by atoms with Crippen LogP contribution in [0.25, 0.3) is 0 Å². The van der Waals surface area contributed by atoms with E-state index in [1.165, 1.54) is 35.5 Å². The standard InChI is InChI=1S/C21H36N4O5S.C2H6/c1-15(26)13-16(20(29)22-10-11-23(2)3)24(4)18(27)9-7-6-8-12-31-17-14-19(28)25(5)21(17)30;1-2/h16-17H,6-14H2,1-5H3,(H,22,29);1-2H3. The fraction of sp³-hybridized carbons (Fsp3) is 0.783. The number of hydrogen-bond acceptors (Lipinski definition) is 7. The highest BCUT2D eigenvalue weighted by atomic mass is 32.2. The molecule has 1 N–H and O–H groups in total. The molecule has 4 amide bonds. The molecule has 0 radical (unpaired) electrons. The van der Waals surface area contributed by atoms with Crippen LogP contribution in [0.15, 0.2) is 0 Å². The van der Waals surface area contributed by atoms with Crippen LogP contribution in [0.3, 0.4) is 0 Å². The van der Waals surface area contributed by atoms with E-state index in [4.69, 9.17) is 0 Å². The van der Waals surface area contributed by atoms with Crippen LogP contribution in [-0.2, 0) is 24.0 Å². The summed E-state index contributed by atoms with van der Waals surface area (Å²) in [5.41, 5.74) is 0. The third-order valence-electron chi connectivity index (χ3n) is 5.20. The Labute approximate surface area is 203 Å². The number of unbranched alkanes of at least 4 members (excludes halogenated alkanes) is 2. The number of Topliss-reactive ketones (excluding diaryl/α,β-unsaturated/α-hetero) is 1. The molecule has 0 aromatic heterocycles. The first-order valence-electron chi connectivity index (χ1n) is 11.6. The summed E-state index contributed by atoms with van der Waals surface area (Å²) in [7, 11) is 6.87. The van der Waals surface area contributed by atoms with Crippen LogP contribution < -0.4 is 5.32 Å². The highest BCUT2D eigenvalue weighted by Gasteiger charge is 2.35. The zero-order valence-electron chi connectivity index (χ0n) is 21.3. The molecule has 2 unspecified atom stereocenters. The summed E-state index contributed by atoms with van der Waals surface area (Å²) in [4.78, 5) is 64.5. The second-order valence-electron chi connectivity index (χ2n) is 8.19. The third-order valence-corrected chi connectivity index (χ3v) is 6.49. The van der Waals surface area contributed by atoms with Crippen molar-refractivity contribution >= 4 is 41.2 Å². The molecule has 0 saturated carbocycles. The molecule has 0 bridgehead atoms. The minimum Gasteiger partial charge on any atom is -0.353 e. The molecule has 1 aliphatic rings. The number of amides is 4. The van der Waals surface area contributed by atoms with Gasteiger partial charge in [0.15, 0.2) is 0 Å². The fourth-order valence-corrected chi connectivity index (χ4v) is 4.40. The van der Waals surface area contributed by atoms with Crippen LogP contribution in [0.5, 0.6) is 0 Å². The average Bonchev–Trinajstić information content (AvgIpc) is 3.01. The number of carbonyl (C=O) groups excluding carboxylic acids is 5. The SMILES string of the molecule is CC.CC(=O)CC(C(=O)NCCN(C)C)N(C)C(=O)CCCCCSC1CC(=O)N(C)C1=O. The minimum atomic E-state index is -0.800. The Morgan fingerprint density at radius 1 is 1.12 bits per heavy atom. The number of rotatable bonds is 14. The highest BCUT2D eigenvalue weighted by molar-refractivity contribution is 8.00. The van der Waals surface area contributed by atoms with Crippen molar-refractivity contribution < 1.29 is 24.0 Å². The summed E-state index contributed by atoms with van der Waals surface area (Å²) in [5.74, 6) is -0.142. The minimum absolute atomic E-state index is 0.00470. The third kappa shape index (κ3) is 11.7. The van der Waals surface area contributed by atoms with Gasteiger partial charge in [0.1, 0.15) is 11.8 Å². The molecule has 0 aromatic rings.